The lowest BCUT2D eigenvalue weighted by molar-refractivity contribution is -0.0126. The standard InChI is InChI=1S/C14H20N2O2/c1-10(2)12-5-4-6-13(15-12)14(17)16-7-8-18-11(3)9-16/h4-6,10-11H,7-9H2,1-3H3. The van der Waals surface area contributed by atoms with Gasteiger partial charge in [0.25, 0.3) is 5.91 Å². The molecule has 1 fully saturated rings. The number of carbonyl (C=O) groups excluding carboxylic acids is 1. The zero-order valence-corrected chi connectivity index (χ0v) is 11.2. The molecule has 0 saturated carbocycles. The molecule has 1 aromatic rings. The minimum absolute atomic E-state index is 0.00708. The van der Waals surface area contributed by atoms with E-state index in [0.29, 0.717) is 31.3 Å². The summed E-state index contributed by atoms with van der Waals surface area (Å²) in [5, 5.41) is 0. The molecule has 0 aliphatic carbocycles. The van der Waals surface area contributed by atoms with Gasteiger partial charge in [0, 0.05) is 18.8 Å². The average molecular weight is 248 g/mol. The van der Waals surface area contributed by atoms with Crippen molar-refractivity contribution in [2.75, 3.05) is 19.7 Å². The van der Waals surface area contributed by atoms with Crippen LogP contribution in [0.1, 0.15) is 42.9 Å². The van der Waals surface area contributed by atoms with Gasteiger partial charge < -0.3 is 9.64 Å². The number of morpholine rings is 1. The van der Waals surface area contributed by atoms with Crippen LogP contribution in [0.3, 0.4) is 0 Å². The lowest BCUT2D eigenvalue weighted by Crippen LogP contribution is -2.44. The summed E-state index contributed by atoms with van der Waals surface area (Å²) >= 11 is 0. The number of carbonyl (C=O) groups is 1. The average Bonchev–Trinajstić information content (AvgIpc) is 2.38. The second-order valence-corrected chi connectivity index (χ2v) is 5.03. The van der Waals surface area contributed by atoms with Crippen molar-refractivity contribution in [1.29, 1.82) is 0 Å². The summed E-state index contributed by atoms with van der Waals surface area (Å²) in [4.78, 5) is 18.6. The number of amides is 1. The van der Waals surface area contributed by atoms with Crippen molar-refractivity contribution >= 4 is 5.91 Å². The van der Waals surface area contributed by atoms with Crippen LogP contribution in [-0.4, -0.2) is 41.6 Å². The smallest absolute Gasteiger partial charge is 0.272 e. The lowest BCUT2D eigenvalue weighted by atomic mass is 10.1. The monoisotopic (exact) mass is 248 g/mol. The molecule has 0 bridgehead atoms. The Balaban J connectivity index is 2.15. The molecule has 1 amide bonds. The molecule has 0 radical (unpaired) electrons. The first-order valence-corrected chi connectivity index (χ1v) is 6.45. The molecule has 0 aromatic carbocycles. The molecule has 2 rings (SSSR count). The van der Waals surface area contributed by atoms with Crippen molar-refractivity contribution in [2.24, 2.45) is 0 Å². The van der Waals surface area contributed by atoms with Gasteiger partial charge in [-0.15, -0.1) is 0 Å². The molecule has 1 aromatic heterocycles. The molecule has 1 atom stereocenters. The Kier molecular flexibility index (Phi) is 3.97. The van der Waals surface area contributed by atoms with Crippen LogP contribution in [-0.2, 0) is 4.74 Å². The van der Waals surface area contributed by atoms with Gasteiger partial charge in [0.05, 0.1) is 12.7 Å². The molecule has 1 saturated heterocycles. The van der Waals surface area contributed by atoms with Crippen LogP contribution in [0.2, 0.25) is 0 Å². The lowest BCUT2D eigenvalue weighted by Gasteiger charge is -2.31. The molecule has 0 N–H and O–H groups in total. The number of nitrogens with zero attached hydrogens (tertiary/aromatic N) is 2. The minimum Gasteiger partial charge on any atom is -0.375 e. The van der Waals surface area contributed by atoms with E-state index < -0.39 is 0 Å². The Hall–Kier alpha value is -1.42. The molecule has 1 aliphatic heterocycles. The van der Waals surface area contributed by atoms with Crippen molar-refractivity contribution in [3.63, 3.8) is 0 Å². The number of aromatic nitrogens is 1. The largest absolute Gasteiger partial charge is 0.375 e. The Morgan fingerprint density at radius 1 is 1.50 bits per heavy atom. The van der Waals surface area contributed by atoms with E-state index in [4.69, 9.17) is 4.74 Å². The summed E-state index contributed by atoms with van der Waals surface area (Å²) in [6.45, 7) is 8.04. The molecule has 1 unspecified atom stereocenters. The normalized spacial score (nSPS) is 20.2. The molecular weight excluding hydrogens is 228 g/mol. The molecule has 98 valence electrons. The highest BCUT2D eigenvalue weighted by Gasteiger charge is 2.23. The molecule has 1 aliphatic rings. The SMILES string of the molecule is CC1CN(C(=O)c2cccc(C(C)C)n2)CCO1. The maximum Gasteiger partial charge on any atom is 0.272 e. The zero-order valence-electron chi connectivity index (χ0n) is 11.2. The van der Waals surface area contributed by atoms with Gasteiger partial charge in [0.2, 0.25) is 0 Å². The molecule has 4 heteroatoms. The molecule has 4 nitrogen and oxygen atoms in total. The van der Waals surface area contributed by atoms with Crippen LogP contribution in [0.15, 0.2) is 18.2 Å². The fourth-order valence-corrected chi connectivity index (χ4v) is 2.06. The van der Waals surface area contributed by atoms with Gasteiger partial charge >= 0.3 is 0 Å². The van der Waals surface area contributed by atoms with Crippen LogP contribution < -0.4 is 0 Å². The van der Waals surface area contributed by atoms with Gasteiger partial charge in [0.1, 0.15) is 5.69 Å². The van der Waals surface area contributed by atoms with E-state index in [1.807, 2.05) is 24.0 Å². The van der Waals surface area contributed by atoms with Crippen LogP contribution in [0, 0.1) is 0 Å². The molecule has 0 spiro atoms. The fourth-order valence-electron chi connectivity index (χ4n) is 2.06. The highest BCUT2D eigenvalue weighted by atomic mass is 16.5. The van der Waals surface area contributed by atoms with Crippen molar-refractivity contribution in [2.45, 2.75) is 32.8 Å². The number of hydrogen-bond acceptors (Lipinski definition) is 3. The van der Waals surface area contributed by atoms with E-state index in [1.165, 1.54) is 0 Å². The van der Waals surface area contributed by atoms with Gasteiger partial charge in [-0.2, -0.15) is 0 Å². The maximum atomic E-state index is 12.3. The van der Waals surface area contributed by atoms with E-state index in [-0.39, 0.29) is 12.0 Å². The molecule has 18 heavy (non-hydrogen) atoms. The van der Waals surface area contributed by atoms with Crippen LogP contribution in [0.5, 0.6) is 0 Å². The number of rotatable bonds is 2. The van der Waals surface area contributed by atoms with Crippen LogP contribution >= 0.6 is 0 Å². The quantitative estimate of drug-likeness (QED) is 0.804. The van der Waals surface area contributed by atoms with Crippen LogP contribution in [0.4, 0.5) is 0 Å². The van der Waals surface area contributed by atoms with E-state index in [9.17, 15) is 4.79 Å². The number of hydrogen-bond donors (Lipinski definition) is 0. The Morgan fingerprint density at radius 2 is 2.28 bits per heavy atom. The highest BCUT2D eigenvalue weighted by molar-refractivity contribution is 5.92. The predicted octanol–water partition coefficient (Wildman–Crippen LogP) is 2.07. The van der Waals surface area contributed by atoms with Gasteiger partial charge in [-0.25, -0.2) is 4.98 Å². The summed E-state index contributed by atoms with van der Waals surface area (Å²) < 4.78 is 5.44. The predicted molar refractivity (Wildman–Crippen MR) is 69.6 cm³/mol. The summed E-state index contributed by atoms with van der Waals surface area (Å²) in [5.41, 5.74) is 1.50. The van der Waals surface area contributed by atoms with Gasteiger partial charge in [0.15, 0.2) is 0 Å². The fraction of sp³-hybridized carbons (Fsp3) is 0.571. The van der Waals surface area contributed by atoms with Crippen molar-refractivity contribution < 1.29 is 9.53 Å². The summed E-state index contributed by atoms with van der Waals surface area (Å²) in [6, 6.07) is 5.65. The van der Waals surface area contributed by atoms with Crippen molar-refractivity contribution in [3.8, 4) is 0 Å². The Bertz CT molecular complexity index is 432. The third-order valence-electron chi connectivity index (χ3n) is 3.11. The number of pyridine rings is 1. The van der Waals surface area contributed by atoms with E-state index in [0.717, 1.165) is 5.69 Å². The zero-order chi connectivity index (χ0) is 13.1. The third kappa shape index (κ3) is 2.88. The second-order valence-electron chi connectivity index (χ2n) is 5.03. The van der Waals surface area contributed by atoms with E-state index in [2.05, 4.69) is 18.8 Å². The summed E-state index contributed by atoms with van der Waals surface area (Å²) in [7, 11) is 0. The molecule has 2 heterocycles. The maximum absolute atomic E-state index is 12.3. The van der Waals surface area contributed by atoms with Gasteiger partial charge in [-0.3, -0.25) is 4.79 Å². The number of ether oxygens (including phenoxy) is 1. The topological polar surface area (TPSA) is 42.4 Å². The van der Waals surface area contributed by atoms with Crippen LogP contribution in [0.25, 0.3) is 0 Å². The Morgan fingerprint density at radius 3 is 2.94 bits per heavy atom. The molecular formula is C14H20N2O2. The Labute approximate surface area is 108 Å². The van der Waals surface area contributed by atoms with Crippen molar-refractivity contribution in [3.05, 3.63) is 29.6 Å². The highest BCUT2D eigenvalue weighted by Crippen LogP contribution is 2.14. The first kappa shape index (κ1) is 13.0. The summed E-state index contributed by atoms with van der Waals surface area (Å²) in [6.07, 6.45) is 0.107. The third-order valence-corrected chi connectivity index (χ3v) is 3.11. The van der Waals surface area contributed by atoms with E-state index in [1.54, 1.807) is 6.07 Å². The summed E-state index contributed by atoms with van der Waals surface area (Å²) in [5.74, 6) is 0.342. The first-order chi connectivity index (χ1) is 8.58. The first-order valence-electron chi connectivity index (χ1n) is 6.45. The minimum atomic E-state index is 0.00708. The van der Waals surface area contributed by atoms with Crippen molar-refractivity contribution in [1.82, 2.24) is 9.88 Å². The van der Waals surface area contributed by atoms with Gasteiger partial charge in [-0.1, -0.05) is 19.9 Å². The van der Waals surface area contributed by atoms with Gasteiger partial charge in [-0.05, 0) is 25.0 Å². The second kappa shape index (κ2) is 5.48. The van der Waals surface area contributed by atoms with E-state index >= 15 is 0 Å².